The molecule has 0 heterocycles. The summed E-state index contributed by atoms with van der Waals surface area (Å²) in [7, 11) is 0. The van der Waals surface area contributed by atoms with Crippen LogP contribution in [0.4, 0.5) is 0 Å². The van der Waals surface area contributed by atoms with Crippen molar-refractivity contribution in [2.75, 3.05) is 0 Å². The highest BCUT2D eigenvalue weighted by Gasteiger charge is 2.32. The summed E-state index contributed by atoms with van der Waals surface area (Å²) in [6.07, 6.45) is 45.8. The van der Waals surface area contributed by atoms with Crippen molar-refractivity contribution < 1.29 is 0 Å². The van der Waals surface area contributed by atoms with Crippen LogP contribution in [0.1, 0.15) is 146 Å². The first-order valence-electron chi connectivity index (χ1n) is 20.9. The predicted octanol–water partition coefficient (Wildman–Crippen LogP) is 14.6. The van der Waals surface area contributed by atoms with Crippen LogP contribution < -0.4 is 0 Å². The standard InChI is InChI=1S/C50H70N2/c1-11-50(9,10)41-22-34-47(35-23-41)52(46-32-20-40(21-33-46)49(6,7)8)44-28-16-38(17-29-44)37-14-26-43(27-15-37)51(42-24-12-36(2)13-25-42)45-30-18-39(19-31-45)48(3,4)5/h12,14,18,20,22,24,26,28,30-34,38-40H,11,13,15-17,19,21,23,25,27,29,35H2,1-10H3. The molecule has 0 saturated carbocycles. The Balaban J connectivity index is 1.22. The fourth-order valence-electron chi connectivity index (χ4n) is 8.92. The first-order valence-corrected chi connectivity index (χ1v) is 20.9. The van der Waals surface area contributed by atoms with Crippen LogP contribution in [0.5, 0.6) is 0 Å². The number of nitrogens with zero attached hydrogens (tertiary/aromatic N) is 2. The minimum absolute atomic E-state index is 0.274. The third-order valence-corrected chi connectivity index (χ3v) is 13.3. The van der Waals surface area contributed by atoms with E-state index in [4.69, 9.17) is 0 Å². The third-order valence-electron chi connectivity index (χ3n) is 13.3. The Morgan fingerprint density at radius 3 is 1.50 bits per heavy atom. The minimum Gasteiger partial charge on any atom is -0.319 e. The van der Waals surface area contributed by atoms with E-state index in [0.29, 0.717) is 23.2 Å². The second kappa shape index (κ2) is 15.6. The van der Waals surface area contributed by atoms with Crippen molar-refractivity contribution in [2.24, 2.45) is 34.0 Å². The van der Waals surface area contributed by atoms with Gasteiger partial charge in [-0.25, -0.2) is 0 Å². The largest absolute Gasteiger partial charge is 0.319 e. The van der Waals surface area contributed by atoms with Gasteiger partial charge in [0, 0.05) is 34.2 Å². The summed E-state index contributed by atoms with van der Waals surface area (Å²) in [4.78, 5) is 5.27. The highest BCUT2D eigenvalue weighted by Crippen LogP contribution is 2.44. The second-order valence-corrected chi connectivity index (χ2v) is 19.4. The normalized spacial score (nSPS) is 25.8. The fourth-order valence-corrected chi connectivity index (χ4v) is 8.92. The summed E-state index contributed by atoms with van der Waals surface area (Å²) >= 11 is 0. The number of allylic oxidation sites excluding steroid dienone is 20. The van der Waals surface area contributed by atoms with Gasteiger partial charge < -0.3 is 9.80 Å². The molecule has 2 nitrogen and oxygen atoms in total. The monoisotopic (exact) mass is 699 g/mol. The van der Waals surface area contributed by atoms with E-state index in [-0.39, 0.29) is 10.8 Å². The van der Waals surface area contributed by atoms with Gasteiger partial charge in [-0.05, 0) is 148 Å². The molecule has 0 aromatic heterocycles. The van der Waals surface area contributed by atoms with Crippen LogP contribution in [-0.4, -0.2) is 9.80 Å². The zero-order chi connectivity index (χ0) is 37.3. The van der Waals surface area contributed by atoms with Crippen LogP contribution >= 0.6 is 0 Å². The first-order chi connectivity index (χ1) is 24.6. The SMILES string of the molecule is CCC(C)(C)C1=CC=C(N(C2=CCC(C(C)(C)C)C=C2)C2=CCC(C3=CC=C(N(C4=CCC(C(C)(C)C)C=C4)C4=CC=C(C)CC4)CC3)CC2)CC1. The topological polar surface area (TPSA) is 6.48 Å². The Hall–Kier alpha value is -3.26. The van der Waals surface area contributed by atoms with Crippen molar-refractivity contribution >= 4 is 0 Å². The lowest BCUT2D eigenvalue weighted by molar-refractivity contribution is 0.290. The lowest BCUT2D eigenvalue weighted by atomic mass is 9.76. The average molecular weight is 699 g/mol. The summed E-state index contributed by atoms with van der Waals surface area (Å²) in [6.45, 7) is 23.6. The molecule has 0 saturated heterocycles. The van der Waals surface area contributed by atoms with E-state index in [0.717, 1.165) is 64.2 Å². The maximum absolute atomic E-state index is 2.66. The van der Waals surface area contributed by atoms with Gasteiger partial charge in [-0.2, -0.15) is 0 Å². The van der Waals surface area contributed by atoms with E-state index in [1.807, 2.05) is 0 Å². The number of hydrogen-bond acceptors (Lipinski definition) is 2. The average Bonchev–Trinajstić information content (AvgIpc) is 3.13. The van der Waals surface area contributed by atoms with E-state index >= 15 is 0 Å². The zero-order valence-electron chi connectivity index (χ0n) is 34.6. The zero-order valence-corrected chi connectivity index (χ0v) is 34.6. The second-order valence-electron chi connectivity index (χ2n) is 19.4. The highest BCUT2D eigenvalue weighted by atomic mass is 15.2. The molecule has 0 fully saturated rings. The van der Waals surface area contributed by atoms with Crippen molar-refractivity contribution in [1.29, 1.82) is 0 Å². The highest BCUT2D eigenvalue weighted by molar-refractivity contribution is 5.41. The molecule has 0 aromatic rings. The molecule has 6 rings (SSSR count). The van der Waals surface area contributed by atoms with Crippen molar-refractivity contribution in [3.05, 3.63) is 130 Å². The maximum Gasteiger partial charge on any atom is 0.0412 e. The van der Waals surface area contributed by atoms with Crippen LogP contribution in [0.3, 0.4) is 0 Å². The van der Waals surface area contributed by atoms with Crippen LogP contribution in [-0.2, 0) is 0 Å². The molecule has 6 aliphatic carbocycles. The molecule has 0 spiro atoms. The lowest BCUT2D eigenvalue weighted by Crippen LogP contribution is -2.28. The van der Waals surface area contributed by atoms with Gasteiger partial charge in [0.05, 0.1) is 0 Å². The molecule has 0 aromatic carbocycles. The van der Waals surface area contributed by atoms with Crippen molar-refractivity contribution in [2.45, 2.75) is 146 Å². The molecule has 0 amide bonds. The van der Waals surface area contributed by atoms with Gasteiger partial charge in [0.2, 0.25) is 0 Å². The van der Waals surface area contributed by atoms with Gasteiger partial charge in [-0.1, -0.05) is 128 Å². The van der Waals surface area contributed by atoms with Crippen LogP contribution in [0.25, 0.3) is 0 Å². The van der Waals surface area contributed by atoms with Crippen molar-refractivity contribution in [3.8, 4) is 0 Å². The molecule has 0 bridgehead atoms. The Kier molecular flexibility index (Phi) is 11.5. The van der Waals surface area contributed by atoms with E-state index in [1.165, 1.54) is 52.6 Å². The number of rotatable bonds is 9. The van der Waals surface area contributed by atoms with Gasteiger partial charge in [-0.15, -0.1) is 0 Å². The molecule has 6 aliphatic rings. The van der Waals surface area contributed by atoms with Gasteiger partial charge in [-0.3, -0.25) is 0 Å². The van der Waals surface area contributed by atoms with Crippen LogP contribution in [0, 0.1) is 34.0 Å². The molecule has 2 heteroatoms. The Labute approximate surface area is 319 Å². The Morgan fingerprint density at radius 1 is 0.558 bits per heavy atom. The smallest absolute Gasteiger partial charge is 0.0412 e. The third kappa shape index (κ3) is 8.75. The molecule has 0 radical (unpaired) electrons. The van der Waals surface area contributed by atoms with Gasteiger partial charge in [0.25, 0.3) is 0 Å². The summed E-state index contributed by atoms with van der Waals surface area (Å²) in [6, 6.07) is 0. The molecular formula is C50H70N2. The quantitative estimate of drug-likeness (QED) is 0.236. The van der Waals surface area contributed by atoms with Crippen molar-refractivity contribution in [1.82, 2.24) is 9.80 Å². The maximum atomic E-state index is 2.66. The first kappa shape index (κ1) is 38.5. The van der Waals surface area contributed by atoms with E-state index < -0.39 is 0 Å². The molecule has 0 aliphatic heterocycles. The van der Waals surface area contributed by atoms with E-state index in [2.05, 4.69) is 158 Å². The Bertz CT molecular complexity index is 1700. The summed E-state index contributed by atoms with van der Waals surface area (Å²) in [5.41, 5.74) is 14.2. The van der Waals surface area contributed by atoms with Gasteiger partial charge in [0.15, 0.2) is 0 Å². The molecule has 3 atom stereocenters. The number of hydrogen-bond donors (Lipinski definition) is 0. The predicted molar refractivity (Wildman–Crippen MR) is 225 cm³/mol. The summed E-state index contributed by atoms with van der Waals surface area (Å²) in [5, 5.41) is 0. The molecule has 280 valence electrons. The van der Waals surface area contributed by atoms with E-state index in [1.54, 1.807) is 11.1 Å². The molecule has 52 heavy (non-hydrogen) atoms. The lowest BCUT2D eigenvalue weighted by Gasteiger charge is -2.39. The summed E-state index contributed by atoms with van der Waals surface area (Å²) in [5.74, 6) is 1.82. The van der Waals surface area contributed by atoms with Crippen molar-refractivity contribution in [3.63, 3.8) is 0 Å². The molecular weight excluding hydrogens is 629 g/mol. The Morgan fingerprint density at radius 2 is 1.10 bits per heavy atom. The summed E-state index contributed by atoms with van der Waals surface area (Å²) < 4.78 is 0. The van der Waals surface area contributed by atoms with Crippen LogP contribution in [0.2, 0.25) is 0 Å². The fraction of sp³-hybridized carbons (Fsp3) is 0.560. The minimum atomic E-state index is 0.274. The van der Waals surface area contributed by atoms with Gasteiger partial charge >= 0.3 is 0 Å². The van der Waals surface area contributed by atoms with Gasteiger partial charge in [0.1, 0.15) is 0 Å². The molecule has 0 N–H and O–H groups in total. The van der Waals surface area contributed by atoms with Crippen LogP contribution in [0.15, 0.2) is 130 Å². The van der Waals surface area contributed by atoms with E-state index in [9.17, 15) is 0 Å². The molecule has 3 unspecified atom stereocenters.